The van der Waals surface area contributed by atoms with Crippen molar-refractivity contribution in [3.63, 3.8) is 0 Å². The fourth-order valence-electron chi connectivity index (χ4n) is 1.77. The number of hydrogen-bond donors (Lipinski definition) is 1. The Hall–Kier alpha value is -1.97. The van der Waals surface area contributed by atoms with E-state index in [2.05, 4.69) is 24.9 Å². The second-order valence-electron chi connectivity index (χ2n) is 4.18. The third-order valence-electron chi connectivity index (χ3n) is 2.67. The molecule has 1 aromatic carbocycles. The highest BCUT2D eigenvalue weighted by atomic mass is 16.5. The predicted molar refractivity (Wildman–Crippen MR) is 67.0 cm³/mol. The smallest absolute Gasteiger partial charge is 0.292 e. The first kappa shape index (κ1) is 11.5. The van der Waals surface area contributed by atoms with Crippen LogP contribution in [0.2, 0.25) is 0 Å². The lowest BCUT2D eigenvalue weighted by atomic mass is 9.98. The Morgan fingerprint density at radius 3 is 2.65 bits per heavy atom. The summed E-state index contributed by atoms with van der Waals surface area (Å²) >= 11 is 0. The molecule has 0 amide bonds. The lowest BCUT2D eigenvalue weighted by Gasteiger charge is -2.12. The van der Waals surface area contributed by atoms with Gasteiger partial charge < -0.3 is 14.9 Å². The molecule has 0 aliphatic rings. The van der Waals surface area contributed by atoms with Crippen LogP contribution >= 0.6 is 0 Å². The molecule has 0 aliphatic carbocycles. The number of anilines is 1. The highest BCUT2D eigenvalue weighted by Crippen LogP contribution is 2.31. The van der Waals surface area contributed by atoms with Crippen LogP contribution in [0.15, 0.2) is 28.9 Å². The summed E-state index contributed by atoms with van der Waals surface area (Å²) in [5.41, 5.74) is 8.34. The number of nitrogens with zero attached hydrogens (tertiary/aromatic N) is 1. The molecule has 1 heterocycles. The van der Waals surface area contributed by atoms with Crippen molar-refractivity contribution < 1.29 is 9.15 Å². The molecule has 0 aliphatic heterocycles. The average molecular weight is 232 g/mol. The summed E-state index contributed by atoms with van der Waals surface area (Å²) in [6.45, 7) is 4.25. The minimum Gasteiger partial charge on any atom is -0.496 e. The van der Waals surface area contributed by atoms with Crippen LogP contribution in [0.25, 0.3) is 11.3 Å². The van der Waals surface area contributed by atoms with Crippen molar-refractivity contribution >= 4 is 6.01 Å². The fraction of sp³-hybridized carbons (Fsp3) is 0.308. The first-order valence-electron chi connectivity index (χ1n) is 5.51. The van der Waals surface area contributed by atoms with Gasteiger partial charge in [-0.15, -0.1) is 0 Å². The van der Waals surface area contributed by atoms with Gasteiger partial charge in [0.2, 0.25) is 0 Å². The van der Waals surface area contributed by atoms with Crippen LogP contribution in [0.4, 0.5) is 6.01 Å². The van der Waals surface area contributed by atoms with Crippen molar-refractivity contribution in [1.29, 1.82) is 0 Å². The summed E-state index contributed by atoms with van der Waals surface area (Å²) in [6, 6.07) is 6.13. The second-order valence-corrected chi connectivity index (χ2v) is 4.18. The molecule has 0 spiro atoms. The number of hydrogen-bond acceptors (Lipinski definition) is 4. The van der Waals surface area contributed by atoms with Gasteiger partial charge in [-0.2, -0.15) is 4.98 Å². The van der Waals surface area contributed by atoms with Crippen LogP contribution in [0.1, 0.15) is 25.3 Å². The van der Waals surface area contributed by atoms with Gasteiger partial charge in [0.25, 0.3) is 6.01 Å². The zero-order chi connectivity index (χ0) is 12.4. The van der Waals surface area contributed by atoms with Gasteiger partial charge in [-0.1, -0.05) is 13.8 Å². The standard InChI is InChI=1S/C13H16N2O2/c1-8(2)10-6-9(4-5-12(10)16-3)11-7-17-13(14)15-11/h4-8H,1-3H3,(H2,14,15). The van der Waals surface area contributed by atoms with Crippen LogP contribution in [0, 0.1) is 0 Å². The van der Waals surface area contributed by atoms with E-state index in [-0.39, 0.29) is 6.01 Å². The Bertz CT molecular complexity index is 518. The van der Waals surface area contributed by atoms with E-state index in [1.54, 1.807) is 13.4 Å². The number of nitrogens with two attached hydrogens (primary N) is 1. The summed E-state index contributed by atoms with van der Waals surface area (Å²) < 4.78 is 10.3. The molecule has 0 saturated carbocycles. The highest BCUT2D eigenvalue weighted by Gasteiger charge is 2.11. The normalized spacial score (nSPS) is 10.8. The van der Waals surface area contributed by atoms with Crippen molar-refractivity contribution in [1.82, 2.24) is 4.98 Å². The van der Waals surface area contributed by atoms with E-state index in [0.717, 1.165) is 22.6 Å². The van der Waals surface area contributed by atoms with E-state index >= 15 is 0 Å². The lowest BCUT2D eigenvalue weighted by Crippen LogP contribution is -1.95. The van der Waals surface area contributed by atoms with E-state index in [1.807, 2.05) is 12.1 Å². The van der Waals surface area contributed by atoms with E-state index in [9.17, 15) is 0 Å². The lowest BCUT2D eigenvalue weighted by molar-refractivity contribution is 0.407. The second kappa shape index (κ2) is 4.49. The molecule has 0 bridgehead atoms. The fourth-order valence-corrected chi connectivity index (χ4v) is 1.77. The molecule has 0 atom stereocenters. The van der Waals surface area contributed by atoms with Gasteiger partial charge in [0.05, 0.1) is 7.11 Å². The van der Waals surface area contributed by atoms with E-state index in [0.29, 0.717) is 5.92 Å². The van der Waals surface area contributed by atoms with E-state index < -0.39 is 0 Å². The molecule has 0 unspecified atom stereocenters. The number of oxazole rings is 1. The molecule has 4 nitrogen and oxygen atoms in total. The molecule has 4 heteroatoms. The molecule has 0 radical (unpaired) electrons. The Kier molecular flexibility index (Phi) is 3.04. The van der Waals surface area contributed by atoms with Gasteiger partial charge in [-0.25, -0.2) is 0 Å². The minimum absolute atomic E-state index is 0.182. The largest absolute Gasteiger partial charge is 0.496 e. The summed E-state index contributed by atoms with van der Waals surface area (Å²) in [7, 11) is 1.68. The van der Waals surface area contributed by atoms with Crippen LogP contribution < -0.4 is 10.5 Å². The van der Waals surface area contributed by atoms with Crippen LogP contribution in [-0.2, 0) is 0 Å². The molecule has 1 aromatic heterocycles. The third kappa shape index (κ3) is 2.25. The monoisotopic (exact) mass is 232 g/mol. The number of methoxy groups -OCH3 is 1. The maximum atomic E-state index is 5.47. The number of rotatable bonds is 3. The molecule has 90 valence electrons. The summed E-state index contributed by atoms with van der Waals surface area (Å²) in [6.07, 6.45) is 1.56. The van der Waals surface area contributed by atoms with Crippen molar-refractivity contribution in [2.24, 2.45) is 0 Å². The van der Waals surface area contributed by atoms with Gasteiger partial charge >= 0.3 is 0 Å². The maximum absolute atomic E-state index is 5.47. The van der Waals surface area contributed by atoms with Crippen LogP contribution in [0.5, 0.6) is 5.75 Å². The molecule has 2 N–H and O–H groups in total. The molecule has 0 fully saturated rings. The van der Waals surface area contributed by atoms with Crippen LogP contribution in [0.3, 0.4) is 0 Å². The van der Waals surface area contributed by atoms with Crippen molar-refractivity contribution in [2.45, 2.75) is 19.8 Å². The zero-order valence-electron chi connectivity index (χ0n) is 10.2. The van der Waals surface area contributed by atoms with Gasteiger partial charge in [-0.3, -0.25) is 0 Å². The van der Waals surface area contributed by atoms with Crippen molar-refractivity contribution in [2.75, 3.05) is 12.8 Å². The highest BCUT2D eigenvalue weighted by molar-refractivity contribution is 5.62. The first-order valence-corrected chi connectivity index (χ1v) is 5.51. The summed E-state index contributed by atoms with van der Waals surface area (Å²) in [4.78, 5) is 4.11. The summed E-state index contributed by atoms with van der Waals surface area (Å²) in [5, 5.41) is 0. The Morgan fingerprint density at radius 1 is 1.35 bits per heavy atom. The average Bonchev–Trinajstić information content (AvgIpc) is 2.75. The van der Waals surface area contributed by atoms with Gasteiger partial charge in [-0.05, 0) is 29.7 Å². The number of aromatic nitrogens is 1. The zero-order valence-corrected chi connectivity index (χ0v) is 10.2. The van der Waals surface area contributed by atoms with Gasteiger partial charge in [0.15, 0.2) is 0 Å². The predicted octanol–water partition coefficient (Wildman–Crippen LogP) is 3.06. The molecule has 2 aromatic rings. The van der Waals surface area contributed by atoms with Crippen molar-refractivity contribution in [3.8, 4) is 17.0 Å². The van der Waals surface area contributed by atoms with Crippen LogP contribution in [-0.4, -0.2) is 12.1 Å². The molecule has 2 rings (SSSR count). The summed E-state index contributed by atoms with van der Waals surface area (Å²) in [5.74, 6) is 1.27. The SMILES string of the molecule is COc1ccc(-c2coc(N)n2)cc1C(C)C. The quantitative estimate of drug-likeness (QED) is 0.883. The Morgan fingerprint density at radius 2 is 2.12 bits per heavy atom. The van der Waals surface area contributed by atoms with E-state index in [4.69, 9.17) is 14.9 Å². The van der Waals surface area contributed by atoms with E-state index in [1.165, 1.54) is 0 Å². The number of benzene rings is 1. The molecular weight excluding hydrogens is 216 g/mol. The Labute approximate surface area is 100 Å². The Balaban J connectivity index is 2.47. The third-order valence-corrected chi connectivity index (χ3v) is 2.67. The number of nitrogen functional groups attached to an aromatic ring is 1. The molecular formula is C13H16N2O2. The molecule has 17 heavy (non-hydrogen) atoms. The van der Waals surface area contributed by atoms with Gasteiger partial charge in [0, 0.05) is 5.56 Å². The van der Waals surface area contributed by atoms with Crippen molar-refractivity contribution in [3.05, 3.63) is 30.0 Å². The topological polar surface area (TPSA) is 61.3 Å². The minimum atomic E-state index is 0.182. The first-order chi connectivity index (χ1) is 8.11. The van der Waals surface area contributed by atoms with Gasteiger partial charge in [0.1, 0.15) is 17.7 Å². The maximum Gasteiger partial charge on any atom is 0.292 e. The number of ether oxygens (including phenoxy) is 1. The molecule has 0 saturated heterocycles.